The molecule has 2 atom stereocenters. The van der Waals surface area contributed by atoms with E-state index in [1.54, 1.807) is 0 Å². The van der Waals surface area contributed by atoms with Gasteiger partial charge in [0, 0.05) is 51.0 Å². The van der Waals surface area contributed by atoms with Crippen LogP contribution in [0.2, 0.25) is 0 Å². The third kappa shape index (κ3) is 5.84. The lowest BCUT2D eigenvalue weighted by Gasteiger charge is -2.22. The molecule has 1 aromatic heterocycles. The van der Waals surface area contributed by atoms with Crippen LogP contribution < -0.4 is 10.6 Å². The van der Waals surface area contributed by atoms with Gasteiger partial charge in [-0.1, -0.05) is 6.92 Å². The summed E-state index contributed by atoms with van der Waals surface area (Å²) < 4.78 is 1.96. The molecule has 2 unspecified atom stereocenters. The molecule has 2 rings (SSSR count). The molecule has 6 nitrogen and oxygen atoms in total. The van der Waals surface area contributed by atoms with Gasteiger partial charge in [-0.2, -0.15) is 5.10 Å². The van der Waals surface area contributed by atoms with Crippen molar-refractivity contribution in [2.75, 3.05) is 26.2 Å². The van der Waals surface area contributed by atoms with Gasteiger partial charge in [0.15, 0.2) is 5.96 Å². The highest BCUT2D eigenvalue weighted by Crippen LogP contribution is 2.18. The Bertz CT molecular complexity index is 595. The summed E-state index contributed by atoms with van der Waals surface area (Å²) in [5.41, 5.74) is 3.68. The number of halogens is 1. The fraction of sp³-hybridized carbons (Fsp3) is 0.789. The van der Waals surface area contributed by atoms with Crippen molar-refractivity contribution in [3.8, 4) is 0 Å². The number of aromatic nitrogens is 2. The molecule has 1 fully saturated rings. The molecule has 150 valence electrons. The van der Waals surface area contributed by atoms with E-state index in [4.69, 9.17) is 4.99 Å². The molecule has 1 aromatic rings. The Morgan fingerprint density at radius 1 is 1.31 bits per heavy atom. The molecule has 0 aromatic carbocycles. The Hall–Kier alpha value is -0.830. The average Bonchev–Trinajstić information content (AvgIpc) is 3.02. The molecule has 0 aliphatic carbocycles. The van der Waals surface area contributed by atoms with Gasteiger partial charge >= 0.3 is 0 Å². The van der Waals surface area contributed by atoms with E-state index in [1.165, 1.54) is 11.3 Å². The Morgan fingerprint density at radius 2 is 2.00 bits per heavy atom. The largest absolute Gasteiger partial charge is 0.357 e. The topological polar surface area (TPSA) is 57.5 Å². The highest BCUT2D eigenvalue weighted by Gasteiger charge is 2.31. The van der Waals surface area contributed by atoms with Gasteiger partial charge in [0.05, 0.1) is 5.69 Å². The van der Waals surface area contributed by atoms with Gasteiger partial charge in [0.2, 0.25) is 0 Å². The summed E-state index contributed by atoms with van der Waals surface area (Å²) in [6.45, 7) is 17.1. The maximum absolute atomic E-state index is 4.81. The molecule has 0 bridgehead atoms. The van der Waals surface area contributed by atoms with E-state index in [-0.39, 0.29) is 24.0 Å². The molecule has 0 saturated carbocycles. The van der Waals surface area contributed by atoms with Crippen molar-refractivity contribution in [1.29, 1.82) is 0 Å². The van der Waals surface area contributed by atoms with Crippen LogP contribution in [-0.4, -0.2) is 58.9 Å². The van der Waals surface area contributed by atoms with Crippen LogP contribution >= 0.6 is 24.0 Å². The minimum atomic E-state index is 0. The van der Waals surface area contributed by atoms with Crippen LogP contribution in [0.15, 0.2) is 4.99 Å². The van der Waals surface area contributed by atoms with Crippen LogP contribution in [0.4, 0.5) is 0 Å². The lowest BCUT2D eigenvalue weighted by molar-refractivity contribution is 0.265. The van der Waals surface area contributed by atoms with E-state index in [0.29, 0.717) is 18.0 Å². The second kappa shape index (κ2) is 10.5. The highest BCUT2D eigenvalue weighted by atomic mass is 127. The lowest BCUT2D eigenvalue weighted by Crippen LogP contribution is -2.47. The molecule has 2 N–H and O–H groups in total. The normalized spacial score (nSPS) is 21.2. The second-order valence-electron chi connectivity index (χ2n) is 7.56. The van der Waals surface area contributed by atoms with Gasteiger partial charge in [0.25, 0.3) is 0 Å². The van der Waals surface area contributed by atoms with E-state index < -0.39 is 0 Å². The van der Waals surface area contributed by atoms with Crippen molar-refractivity contribution in [2.45, 2.75) is 60.0 Å². The molecule has 26 heavy (non-hydrogen) atoms. The third-order valence-electron chi connectivity index (χ3n) is 5.33. The summed E-state index contributed by atoms with van der Waals surface area (Å²) in [5, 5.41) is 11.5. The highest BCUT2D eigenvalue weighted by molar-refractivity contribution is 14.0. The number of hydrogen-bond acceptors (Lipinski definition) is 3. The molecular formula is C19H37IN6. The molecule has 7 heteroatoms. The number of aryl methyl sites for hydroxylation is 2. The molecule has 0 spiro atoms. The van der Waals surface area contributed by atoms with Crippen LogP contribution in [0, 0.1) is 19.8 Å². The van der Waals surface area contributed by atoms with Gasteiger partial charge in [-0.3, -0.25) is 14.6 Å². The zero-order valence-corrected chi connectivity index (χ0v) is 19.8. The summed E-state index contributed by atoms with van der Waals surface area (Å²) in [5.74, 6) is 1.57. The SMILES string of the molecule is CCNC(=NCCc1c(C)nn(C)c1C)NC1CN(C(C)C)CC1C.I. The minimum Gasteiger partial charge on any atom is -0.357 e. The molecule has 1 aliphatic rings. The van der Waals surface area contributed by atoms with Crippen molar-refractivity contribution in [3.05, 3.63) is 17.0 Å². The molecule has 1 saturated heterocycles. The number of rotatable bonds is 6. The van der Waals surface area contributed by atoms with Crippen molar-refractivity contribution >= 4 is 29.9 Å². The maximum atomic E-state index is 4.81. The second-order valence-corrected chi connectivity index (χ2v) is 7.56. The van der Waals surface area contributed by atoms with Gasteiger partial charge in [-0.05, 0) is 52.5 Å². The Labute approximate surface area is 176 Å². The number of hydrogen-bond donors (Lipinski definition) is 2. The zero-order valence-electron chi connectivity index (χ0n) is 17.5. The standard InChI is InChI=1S/C19H36N6.HI/c1-8-20-19(22-18-12-25(13(2)3)11-14(18)4)21-10-9-17-15(5)23-24(7)16(17)6;/h13-14,18H,8-12H2,1-7H3,(H2,20,21,22);1H. The van der Waals surface area contributed by atoms with Crippen LogP contribution in [0.1, 0.15) is 44.6 Å². The average molecular weight is 476 g/mol. The van der Waals surface area contributed by atoms with Crippen molar-refractivity contribution < 1.29 is 0 Å². The van der Waals surface area contributed by atoms with E-state index in [2.05, 4.69) is 62.2 Å². The molecule has 0 amide bonds. The first-order valence-electron chi connectivity index (χ1n) is 9.61. The molecule has 1 aliphatic heterocycles. The van der Waals surface area contributed by atoms with Crippen LogP contribution in [0.5, 0.6) is 0 Å². The fourth-order valence-electron chi connectivity index (χ4n) is 3.57. The Kier molecular flexibility index (Phi) is 9.36. The summed E-state index contributed by atoms with van der Waals surface area (Å²) in [6.07, 6.45) is 0.931. The summed E-state index contributed by atoms with van der Waals surface area (Å²) in [7, 11) is 2.00. The Balaban J connectivity index is 0.00000338. The quantitative estimate of drug-likeness (QED) is 0.377. The maximum Gasteiger partial charge on any atom is 0.191 e. The van der Waals surface area contributed by atoms with Crippen LogP contribution in [0.3, 0.4) is 0 Å². The Morgan fingerprint density at radius 3 is 2.50 bits per heavy atom. The van der Waals surface area contributed by atoms with Crippen molar-refractivity contribution in [3.63, 3.8) is 0 Å². The van der Waals surface area contributed by atoms with Gasteiger partial charge < -0.3 is 10.6 Å². The van der Waals surface area contributed by atoms with Crippen molar-refractivity contribution in [2.24, 2.45) is 18.0 Å². The third-order valence-corrected chi connectivity index (χ3v) is 5.33. The first-order chi connectivity index (χ1) is 11.8. The lowest BCUT2D eigenvalue weighted by atomic mass is 10.1. The van der Waals surface area contributed by atoms with Crippen molar-refractivity contribution in [1.82, 2.24) is 25.3 Å². The number of guanidine groups is 1. The van der Waals surface area contributed by atoms with E-state index >= 15 is 0 Å². The minimum absolute atomic E-state index is 0. The predicted octanol–water partition coefficient (Wildman–Crippen LogP) is 2.48. The first kappa shape index (κ1) is 23.2. The van der Waals surface area contributed by atoms with Crippen LogP contribution in [-0.2, 0) is 13.5 Å². The number of nitrogens with one attached hydrogen (secondary N) is 2. The predicted molar refractivity (Wildman–Crippen MR) is 121 cm³/mol. The molecule has 0 radical (unpaired) electrons. The monoisotopic (exact) mass is 476 g/mol. The van der Waals surface area contributed by atoms with E-state index in [9.17, 15) is 0 Å². The smallest absolute Gasteiger partial charge is 0.191 e. The van der Waals surface area contributed by atoms with Gasteiger partial charge in [-0.25, -0.2) is 0 Å². The summed E-state index contributed by atoms with van der Waals surface area (Å²) in [6, 6.07) is 1.06. The zero-order chi connectivity index (χ0) is 18.6. The summed E-state index contributed by atoms with van der Waals surface area (Å²) >= 11 is 0. The number of nitrogens with zero attached hydrogens (tertiary/aromatic N) is 4. The van der Waals surface area contributed by atoms with E-state index in [1.807, 2.05) is 11.7 Å². The van der Waals surface area contributed by atoms with Crippen LogP contribution in [0.25, 0.3) is 0 Å². The number of likely N-dealkylation sites (tertiary alicyclic amines) is 1. The first-order valence-corrected chi connectivity index (χ1v) is 9.61. The molecule has 2 heterocycles. The summed E-state index contributed by atoms with van der Waals surface area (Å²) in [4.78, 5) is 7.34. The fourth-order valence-corrected chi connectivity index (χ4v) is 3.57. The van der Waals surface area contributed by atoms with E-state index in [0.717, 1.165) is 44.3 Å². The van der Waals surface area contributed by atoms with Gasteiger partial charge in [-0.15, -0.1) is 24.0 Å². The number of aliphatic imine (C=N–C) groups is 1. The van der Waals surface area contributed by atoms with Gasteiger partial charge in [0.1, 0.15) is 0 Å². The molecular weight excluding hydrogens is 439 g/mol.